The highest BCUT2D eigenvalue weighted by Crippen LogP contribution is 2.28. The van der Waals surface area contributed by atoms with Crippen molar-refractivity contribution in [1.82, 2.24) is 24.8 Å². The van der Waals surface area contributed by atoms with Crippen LogP contribution in [0.25, 0.3) is 5.65 Å². The number of carbonyl (C=O) groups is 1. The zero-order valence-electron chi connectivity index (χ0n) is 16.4. The third kappa shape index (κ3) is 4.97. The molecule has 1 N–H and O–H groups in total. The van der Waals surface area contributed by atoms with Crippen LogP contribution in [-0.2, 0) is 4.79 Å². The molecule has 1 amide bonds. The molecule has 0 saturated carbocycles. The van der Waals surface area contributed by atoms with Crippen molar-refractivity contribution in [1.29, 1.82) is 0 Å². The first-order chi connectivity index (χ1) is 12.7. The average molecular weight is 428 g/mol. The molecule has 4 rings (SSSR count). The van der Waals surface area contributed by atoms with E-state index in [0.717, 1.165) is 50.5 Å². The molecule has 2 saturated heterocycles. The molecule has 2 aromatic rings. The van der Waals surface area contributed by atoms with Gasteiger partial charge in [-0.25, -0.2) is 0 Å². The maximum Gasteiger partial charge on any atom is 0.222 e. The smallest absolute Gasteiger partial charge is 0.222 e. The fourth-order valence-corrected chi connectivity index (χ4v) is 4.49. The Morgan fingerprint density at radius 2 is 2.11 bits per heavy atom. The van der Waals surface area contributed by atoms with Crippen LogP contribution >= 0.6 is 24.8 Å². The van der Waals surface area contributed by atoms with E-state index in [1.165, 1.54) is 12.8 Å². The molecule has 0 radical (unpaired) electrons. The third-order valence-corrected chi connectivity index (χ3v) is 6.12. The zero-order chi connectivity index (χ0) is 17.9. The summed E-state index contributed by atoms with van der Waals surface area (Å²) < 4.78 is 2.06. The normalized spacial score (nSPS) is 23.5. The van der Waals surface area contributed by atoms with Crippen molar-refractivity contribution < 1.29 is 4.79 Å². The molecule has 0 bridgehead atoms. The van der Waals surface area contributed by atoms with Gasteiger partial charge in [0, 0.05) is 31.6 Å². The number of halogens is 2. The fourth-order valence-electron chi connectivity index (χ4n) is 4.49. The maximum atomic E-state index is 12.9. The minimum absolute atomic E-state index is 0. The van der Waals surface area contributed by atoms with Gasteiger partial charge < -0.3 is 10.2 Å². The van der Waals surface area contributed by atoms with Crippen molar-refractivity contribution in [3.8, 4) is 0 Å². The first-order valence-electron chi connectivity index (χ1n) is 10.0. The molecule has 2 aliphatic heterocycles. The first-order valence-corrected chi connectivity index (χ1v) is 10.0. The molecule has 3 unspecified atom stereocenters. The lowest BCUT2D eigenvalue weighted by Crippen LogP contribution is -2.41. The molecular weight excluding hydrogens is 397 g/mol. The number of nitrogens with zero attached hydrogens (tertiary/aromatic N) is 4. The number of hydrogen-bond donors (Lipinski definition) is 1. The van der Waals surface area contributed by atoms with Crippen LogP contribution in [0.15, 0.2) is 24.4 Å². The summed E-state index contributed by atoms with van der Waals surface area (Å²) in [5, 5.41) is 12.2. The van der Waals surface area contributed by atoms with E-state index in [1.54, 1.807) is 0 Å². The molecule has 2 aromatic heterocycles. The van der Waals surface area contributed by atoms with E-state index in [1.807, 2.05) is 24.4 Å². The summed E-state index contributed by atoms with van der Waals surface area (Å²) >= 11 is 0. The Bertz CT molecular complexity index is 762. The van der Waals surface area contributed by atoms with E-state index >= 15 is 0 Å². The van der Waals surface area contributed by atoms with Gasteiger partial charge in [-0.05, 0) is 62.7 Å². The van der Waals surface area contributed by atoms with Gasteiger partial charge in [-0.1, -0.05) is 13.0 Å². The lowest BCUT2D eigenvalue weighted by Gasteiger charge is -2.34. The number of pyridine rings is 1. The summed E-state index contributed by atoms with van der Waals surface area (Å²) in [6, 6.07) is 5.96. The predicted octanol–water partition coefficient (Wildman–Crippen LogP) is 3.30. The lowest BCUT2D eigenvalue weighted by molar-refractivity contribution is -0.133. The number of amides is 1. The summed E-state index contributed by atoms with van der Waals surface area (Å²) in [7, 11) is 0. The van der Waals surface area contributed by atoms with Gasteiger partial charge in [0.1, 0.15) is 5.82 Å². The average Bonchev–Trinajstić information content (AvgIpc) is 3.13. The number of rotatable bonds is 4. The van der Waals surface area contributed by atoms with Gasteiger partial charge >= 0.3 is 0 Å². The first kappa shape index (κ1) is 22.9. The molecule has 3 atom stereocenters. The summed E-state index contributed by atoms with van der Waals surface area (Å²) in [6.45, 7) is 6.06. The van der Waals surface area contributed by atoms with Crippen molar-refractivity contribution in [2.75, 3.05) is 26.2 Å². The van der Waals surface area contributed by atoms with Crippen LogP contribution in [0.3, 0.4) is 0 Å². The SMILES string of the molecule is CC(CC(=O)N1CCCC(c2nnc3ccccn23)C1)C1CCCNC1.Cl.Cl. The van der Waals surface area contributed by atoms with Crippen LogP contribution in [0.1, 0.15) is 50.8 Å². The summed E-state index contributed by atoms with van der Waals surface area (Å²) in [5.41, 5.74) is 0.879. The van der Waals surface area contributed by atoms with Gasteiger partial charge in [-0.3, -0.25) is 9.20 Å². The van der Waals surface area contributed by atoms with E-state index in [0.29, 0.717) is 24.2 Å². The number of likely N-dealkylation sites (tertiary alicyclic amines) is 1. The van der Waals surface area contributed by atoms with Crippen LogP contribution < -0.4 is 5.32 Å². The molecule has 2 aliphatic rings. The number of fused-ring (bicyclic) bond motifs is 1. The Morgan fingerprint density at radius 3 is 2.89 bits per heavy atom. The summed E-state index contributed by atoms with van der Waals surface area (Å²) in [5.74, 6) is 2.65. The minimum atomic E-state index is 0. The second-order valence-electron chi connectivity index (χ2n) is 7.95. The van der Waals surface area contributed by atoms with Crippen LogP contribution in [0, 0.1) is 11.8 Å². The van der Waals surface area contributed by atoms with E-state index in [9.17, 15) is 4.79 Å². The predicted molar refractivity (Wildman–Crippen MR) is 115 cm³/mol. The van der Waals surface area contributed by atoms with E-state index in [2.05, 4.69) is 31.7 Å². The molecular formula is C20H31Cl2N5O. The Labute approximate surface area is 179 Å². The van der Waals surface area contributed by atoms with E-state index in [4.69, 9.17) is 0 Å². The topological polar surface area (TPSA) is 62.5 Å². The van der Waals surface area contributed by atoms with Gasteiger partial charge in [0.15, 0.2) is 5.65 Å². The Hall–Kier alpha value is -1.37. The fraction of sp³-hybridized carbons (Fsp3) is 0.650. The Kier molecular flexibility index (Phi) is 8.53. The molecule has 8 heteroatoms. The number of carbonyl (C=O) groups excluding carboxylic acids is 1. The molecule has 0 aliphatic carbocycles. The molecule has 6 nitrogen and oxygen atoms in total. The number of aromatic nitrogens is 3. The Balaban J connectivity index is 0.00000140. The molecule has 4 heterocycles. The van der Waals surface area contributed by atoms with E-state index < -0.39 is 0 Å². The minimum Gasteiger partial charge on any atom is -0.342 e. The summed E-state index contributed by atoms with van der Waals surface area (Å²) in [6.07, 6.45) is 7.27. The largest absolute Gasteiger partial charge is 0.342 e. The van der Waals surface area contributed by atoms with Gasteiger partial charge in [-0.15, -0.1) is 35.0 Å². The third-order valence-electron chi connectivity index (χ3n) is 6.12. The maximum absolute atomic E-state index is 12.9. The molecule has 0 aromatic carbocycles. The zero-order valence-corrected chi connectivity index (χ0v) is 18.1. The van der Waals surface area contributed by atoms with Crippen molar-refractivity contribution in [3.05, 3.63) is 30.2 Å². The number of hydrogen-bond acceptors (Lipinski definition) is 4. The number of piperidine rings is 2. The second-order valence-corrected chi connectivity index (χ2v) is 7.95. The van der Waals surface area contributed by atoms with Gasteiger partial charge in [0.2, 0.25) is 5.91 Å². The lowest BCUT2D eigenvalue weighted by atomic mass is 9.85. The molecule has 28 heavy (non-hydrogen) atoms. The highest BCUT2D eigenvalue weighted by Gasteiger charge is 2.30. The highest BCUT2D eigenvalue weighted by molar-refractivity contribution is 5.85. The molecule has 2 fully saturated rings. The number of nitrogens with one attached hydrogen (secondary N) is 1. The van der Waals surface area contributed by atoms with Crippen molar-refractivity contribution in [2.45, 2.75) is 44.9 Å². The van der Waals surface area contributed by atoms with Crippen LogP contribution in [-0.4, -0.2) is 51.6 Å². The molecule has 156 valence electrons. The van der Waals surface area contributed by atoms with Crippen molar-refractivity contribution >= 4 is 36.4 Å². The van der Waals surface area contributed by atoms with Crippen LogP contribution in [0.4, 0.5) is 0 Å². The Morgan fingerprint density at radius 1 is 1.25 bits per heavy atom. The van der Waals surface area contributed by atoms with Gasteiger partial charge in [-0.2, -0.15) is 0 Å². The van der Waals surface area contributed by atoms with Crippen molar-refractivity contribution in [2.24, 2.45) is 11.8 Å². The van der Waals surface area contributed by atoms with E-state index in [-0.39, 0.29) is 30.7 Å². The quantitative estimate of drug-likeness (QED) is 0.812. The van der Waals surface area contributed by atoms with Gasteiger partial charge in [0.05, 0.1) is 0 Å². The molecule has 0 spiro atoms. The van der Waals surface area contributed by atoms with Crippen molar-refractivity contribution in [3.63, 3.8) is 0 Å². The van der Waals surface area contributed by atoms with Crippen LogP contribution in [0.5, 0.6) is 0 Å². The second kappa shape index (κ2) is 10.4. The summed E-state index contributed by atoms with van der Waals surface area (Å²) in [4.78, 5) is 15.0. The highest BCUT2D eigenvalue weighted by atomic mass is 35.5. The van der Waals surface area contributed by atoms with Crippen LogP contribution in [0.2, 0.25) is 0 Å². The standard InChI is InChI=1S/C20H29N5O.2ClH/c1-15(16-6-4-9-21-13-16)12-19(26)24-10-5-7-17(14-24)20-23-22-18-8-2-3-11-25(18)20;;/h2-3,8,11,15-17,21H,4-7,9-10,12-14H2,1H3;2*1H. The van der Waals surface area contributed by atoms with Gasteiger partial charge in [0.25, 0.3) is 0 Å². The monoisotopic (exact) mass is 427 g/mol.